The Morgan fingerprint density at radius 1 is 1.45 bits per heavy atom. The molecule has 0 aliphatic carbocycles. The Bertz CT molecular complexity index is 536. The lowest BCUT2D eigenvalue weighted by Gasteiger charge is -2.06. The number of aryl methyl sites for hydroxylation is 1. The number of rotatable bonds is 6. The molecule has 0 atom stereocenters. The first kappa shape index (κ1) is 15.7. The highest BCUT2D eigenvalue weighted by Crippen LogP contribution is 2.28. The molecule has 1 rings (SSSR count). The van der Waals surface area contributed by atoms with Crippen LogP contribution in [0.2, 0.25) is 0 Å². The highest BCUT2D eigenvalue weighted by molar-refractivity contribution is 5.87. The van der Waals surface area contributed by atoms with Crippen LogP contribution in [0.25, 0.3) is 0 Å². The predicted molar refractivity (Wildman–Crippen MR) is 73.7 cm³/mol. The van der Waals surface area contributed by atoms with Gasteiger partial charge in [-0.2, -0.15) is 0 Å². The Balaban J connectivity index is 2.83. The fourth-order valence-corrected chi connectivity index (χ4v) is 1.55. The zero-order valence-electron chi connectivity index (χ0n) is 11.7. The lowest BCUT2D eigenvalue weighted by molar-refractivity contribution is -0.385. The van der Waals surface area contributed by atoms with Crippen LogP contribution >= 0.6 is 0 Å². The van der Waals surface area contributed by atoms with E-state index >= 15 is 0 Å². The molecule has 1 aromatic carbocycles. The van der Waals surface area contributed by atoms with Crippen LogP contribution in [-0.4, -0.2) is 24.6 Å². The molecule has 0 bridgehead atoms. The van der Waals surface area contributed by atoms with Crippen LogP contribution < -0.4 is 4.74 Å². The molecular formula is C14H17NO5. The van der Waals surface area contributed by atoms with E-state index in [1.54, 1.807) is 19.1 Å². The number of esters is 1. The predicted octanol–water partition coefficient (Wildman–Crippen LogP) is 2.66. The van der Waals surface area contributed by atoms with E-state index in [1.807, 2.05) is 6.92 Å². The van der Waals surface area contributed by atoms with E-state index in [0.717, 1.165) is 5.56 Å². The number of benzene rings is 1. The molecule has 20 heavy (non-hydrogen) atoms. The second kappa shape index (κ2) is 7.28. The summed E-state index contributed by atoms with van der Waals surface area (Å²) in [6.07, 6.45) is 2.23. The van der Waals surface area contributed by atoms with Crippen molar-refractivity contribution in [1.82, 2.24) is 0 Å². The van der Waals surface area contributed by atoms with Crippen LogP contribution in [0, 0.1) is 10.1 Å². The molecular weight excluding hydrogens is 262 g/mol. The van der Waals surface area contributed by atoms with E-state index in [2.05, 4.69) is 4.74 Å². The van der Waals surface area contributed by atoms with E-state index in [0.29, 0.717) is 12.0 Å². The minimum Gasteiger partial charge on any atom is -0.483 e. The van der Waals surface area contributed by atoms with Crippen molar-refractivity contribution < 1.29 is 19.2 Å². The van der Waals surface area contributed by atoms with Crippen LogP contribution in [0.4, 0.5) is 5.69 Å². The van der Waals surface area contributed by atoms with Gasteiger partial charge < -0.3 is 9.47 Å². The van der Waals surface area contributed by atoms with Gasteiger partial charge in [-0.15, -0.1) is 0 Å². The molecule has 0 fully saturated rings. The summed E-state index contributed by atoms with van der Waals surface area (Å²) in [6, 6.07) is 4.84. The summed E-state index contributed by atoms with van der Waals surface area (Å²) < 4.78 is 9.87. The van der Waals surface area contributed by atoms with Gasteiger partial charge in [-0.25, -0.2) is 4.79 Å². The third kappa shape index (κ3) is 4.08. The Hall–Kier alpha value is -2.37. The van der Waals surface area contributed by atoms with Crippen molar-refractivity contribution in [3.8, 4) is 5.75 Å². The number of methoxy groups -OCH3 is 1. The van der Waals surface area contributed by atoms with Crippen molar-refractivity contribution in [2.75, 3.05) is 13.7 Å². The maximum Gasteiger partial charge on any atom is 0.333 e. The summed E-state index contributed by atoms with van der Waals surface area (Å²) in [5, 5.41) is 11.0. The summed E-state index contributed by atoms with van der Waals surface area (Å²) in [5.74, 6) is -0.273. The Morgan fingerprint density at radius 3 is 2.70 bits per heavy atom. The molecule has 0 amide bonds. The molecule has 108 valence electrons. The fourth-order valence-electron chi connectivity index (χ4n) is 1.55. The minimum atomic E-state index is -0.481. The average molecular weight is 279 g/mol. The minimum absolute atomic E-state index is 0.0627. The number of carbonyl (C=O) groups excluding carboxylic acids is 1. The van der Waals surface area contributed by atoms with E-state index in [9.17, 15) is 14.9 Å². The van der Waals surface area contributed by atoms with Crippen molar-refractivity contribution in [2.45, 2.75) is 20.3 Å². The number of ether oxygens (including phenoxy) is 2. The average Bonchev–Trinajstić information content (AvgIpc) is 2.46. The molecule has 0 heterocycles. The summed E-state index contributed by atoms with van der Waals surface area (Å²) in [6.45, 7) is 3.57. The third-order valence-electron chi connectivity index (χ3n) is 2.76. The second-order valence-corrected chi connectivity index (χ2v) is 4.10. The fraction of sp³-hybridized carbons (Fsp3) is 0.357. The smallest absolute Gasteiger partial charge is 0.333 e. The monoisotopic (exact) mass is 279 g/mol. The van der Waals surface area contributed by atoms with Gasteiger partial charge in [0.1, 0.15) is 6.61 Å². The van der Waals surface area contributed by atoms with Crippen molar-refractivity contribution in [1.29, 1.82) is 0 Å². The number of nitro benzene ring substituents is 1. The highest BCUT2D eigenvalue weighted by atomic mass is 16.6. The Morgan fingerprint density at radius 2 is 2.15 bits per heavy atom. The van der Waals surface area contributed by atoms with Crippen LogP contribution in [0.15, 0.2) is 29.8 Å². The zero-order valence-corrected chi connectivity index (χ0v) is 11.7. The van der Waals surface area contributed by atoms with Gasteiger partial charge >= 0.3 is 11.7 Å². The Kier molecular flexibility index (Phi) is 5.71. The first-order chi connectivity index (χ1) is 9.49. The lowest BCUT2D eigenvalue weighted by atomic mass is 10.1. The van der Waals surface area contributed by atoms with Gasteiger partial charge in [0.2, 0.25) is 0 Å². The summed E-state index contributed by atoms with van der Waals surface area (Å²) in [4.78, 5) is 21.7. The van der Waals surface area contributed by atoms with Crippen LogP contribution in [0.1, 0.15) is 19.4 Å². The van der Waals surface area contributed by atoms with Gasteiger partial charge in [0.25, 0.3) is 0 Å². The number of hydrogen-bond donors (Lipinski definition) is 0. The molecule has 1 aromatic rings. The molecule has 0 saturated carbocycles. The van der Waals surface area contributed by atoms with Gasteiger partial charge in [-0.1, -0.05) is 13.0 Å². The van der Waals surface area contributed by atoms with Gasteiger partial charge in [0, 0.05) is 11.6 Å². The maximum absolute atomic E-state index is 11.2. The quantitative estimate of drug-likeness (QED) is 0.346. The summed E-state index contributed by atoms with van der Waals surface area (Å²) in [5.41, 5.74) is 1.18. The highest BCUT2D eigenvalue weighted by Gasteiger charge is 2.15. The molecule has 6 heteroatoms. The molecule has 6 nitrogen and oxygen atoms in total. The molecule has 0 spiro atoms. The van der Waals surface area contributed by atoms with Gasteiger partial charge in [0.15, 0.2) is 5.75 Å². The number of nitrogens with zero attached hydrogens (tertiary/aromatic N) is 1. The van der Waals surface area contributed by atoms with Crippen LogP contribution in [-0.2, 0) is 16.0 Å². The van der Waals surface area contributed by atoms with Crippen molar-refractivity contribution in [3.05, 3.63) is 45.5 Å². The van der Waals surface area contributed by atoms with Gasteiger partial charge in [0.05, 0.1) is 12.0 Å². The number of nitro groups is 1. The molecule has 0 aliphatic rings. The van der Waals surface area contributed by atoms with E-state index in [4.69, 9.17) is 4.74 Å². The SMILES string of the molecule is CCc1ccc(OCC=C(C)C(=O)OC)c([N+](=O)[O-])c1. The van der Waals surface area contributed by atoms with Crippen molar-refractivity contribution in [3.63, 3.8) is 0 Å². The molecule has 0 aromatic heterocycles. The maximum atomic E-state index is 11.2. The molecule has 0 saturated heterocycles. The summed E-state index contributed by atoms with van der Waals surface area (Å²) in [7, 11) is 1.29. The van der Waals surface area contributed by atoms with Crippen LogP contribution in [0.3, 0.4) is 0 Å². The number of hydrogen-bond acceptors (Lipinski definition) is 5. The number of carbonyl (C=O) groups is 1. The normalized spacial score (nSPS) is 11.1. The first-order valence-corrected chi connectivity index (χ1v) is 6.14. The standard InChI is InChI=1S/C14H17NO5/c1-4-11-5-6-13(12(9-11)15(17)18)20-8-7-10(2)14(16)19-3/h5-7,9H,4,8H2,1-3H3. The third-order valence-corrected chi connectivity index (χ3v) is 2.76. The van der Waals surface area contributed by atoms with Gasteiger partial charge in [-0.3, -0.25) is 10.1 Å². The first-order valence-electron chi connectivity index (χ1n) is 6.14. The van der Waals surface area contributed by atoms with Gasteiger partial charge in [-0.05, 0) is 31.1 Å². The van der Waals surface area contributed by atoms with Crippen molar-refractivity contribution >= 4 is 11.7 Å². The zero-order chi connectivity index (χ0) is 15.1. The molecule has 0 unspecified atom stereocenters. The van der Waals surface area contributed by atoms with E-state index in [-0.39, 0.29) is 18.0 Å². The van der Waals surface area contributed by atoms with E-state index < -0.39 is 10.9 Å². The topological polar surface area (TPSA) is 78.7 Å². The van der Waals surface area contributed by atoms with Crippen LogP contribution in [0.5, 0.6) is 5.75 Å². The summed E-state index contributed by atoms with van der Waals surface area (Å²) >= 11 is 0. The lowest BCUT2D eigenvalue weighted by Crippen LogP contribution is -2.05. The van der Waals surface area contributed by atoms with E-state index in [1.165, 1.54) is 19.3 Å². The van der Waals surface area contributed by atoms with Crippen molar-refractivity contribution in [2.24, 2.45) is 0 Å². The Labute approximate surface area is 117 Å². The molecule has 0 N–H and O–H groups in total. The second-order valence-electron chi connectivity index (χ2n) is 4.10. The molecule has 0 radical (unpaired) electrons. The molecule has 0 aliphatic heterocycles. The largest absolute Gasteiger partial charge is 0.483 e.